The van der Waals surface area contributed by atoms with Gasteiger partial charge in [-0.15, -0.1) is 0 Å². The zero-order valence-electron chi connectivity index (χ0n) is 12.2. The smallest absolute Gasteiger partial charge is 0.308 e. The minimum atomic E-state index is -1.26. The lowest BCUT2D eigenvalue weighted by atomic mass is 10.0. The quantitative estimate of drug-likeness (QED) is 0.580. The summed E-state index contributed by atoms with van der Waals surface area (Å²) in [6, 6.07) is 6.89. The molecule has 3 aromatic rings. The number of hydrogen-bond donors (Lipinski definition) is 4. The maximum atomic E-state index is 12.7. The Kier molecular flexibility index (Phi) is 3.61. The maximum absolute atomic E-state index is 12.7. The molecule has 0 aliphatic heterocycles. The second kappa shape index (κ2) is 5.62. The summed E-state index contributed by atoms with van der Waals surface area (Å²) in [5, 5.41) is 38.1. The number of hydrogen-bond acceptors (Lipinski definition) is 6. The summed E-state index contributed by atoms with van der Waals surface area (Å²) in [6.45, 7) is 0. The van der Waals surface area contributed by atoms with Gasteiger partial charge >= 0.3 is 5.97 Å². The number of benzene rings is 2. The van der Waals surface area contributed by atoms with Gasteiger partial charge in [0, 0.05) is 11.6 Å². The van der Waals surface area contributed by atoms with Gasteiger partial charge in [0.05, 0.1) is 12.0 Å². The van der Waals surface area contributed by atoms with Gasteiger partial charge in [-0.25, -0.2) is 0 Å². The first-order chi connectivity index (χ1) is 11.4. The van der Waals surface area contributed by atoms with Gasteiger partial charge in [-0.2, -0.15) is 0 Å². The molecule has 2 aromatic carbocycles. The lowest BCUT2D eigenvalue weighted by Crippen LogP contribution is -2.07. The van der Waals surface area contributed by atoms with E-state index < -0.39 is 29.3 Å². The van der Waals surface area contributed by atoms with E-state index in [2.05, 4.69) is 0 Å². The van der Waals surface area contributed by atoms with Crippen LogP contribution < -0.4 is 5.43 Å². The van der Waals surface area contributed by atoms with Crippen molar-refractivity contribution in [3.8, 4) is 28.4 Å². The van der Waals surface area contributed by atoms with Crippen LogP contribution in [0.15, 0.2) is 45.8 Å². The summed E-state index contributed by atoms with van der Waals surface area (Å²) in [4.78, 5) is 23.5. The van der Waals surface area contributed by atoms with Crippen molar-refractivity contribution in [1.29, 1.82) is 0 Å². The molecule has 122 valence electrons. The highest BCUT2D eigenvalue weighted by atomic mass is 16.4. The Balaban J connectivity index is 2.29. The van der Waals surface area contributed by atoms with Crippen LogP contribution in [0.25, 0.3) is 22.1 Å². The van der Waals surface area contributed by atoms with Crippen LogP contribution in [0.5, 0.6) is 17.2 Å². The molecule has 7 heteroatoms. The predicted molar refractivity (Wildman–Crippen MR) is 84.3 cm³/mol. The fourth-order valence-corrected chi connectivity index (χ4v) is 2.46. The second-order valence-electron chi connectivity index (χ2n) is 5.19. The van der Waals surface area contributed by atoms with Crippen molar-refractivity contribution in [1.82, 2.24) is 0 Å². The van der Waals surface area contributed by atoms with Crippen LogP contribution in [0, 0.1) is 0 Å². The molecule has 0 unspecified atom stereocenters. The van der Waals surface area contributed by atoms with E-state index in [4.69, 9.17) is 9.52 Å². The molecule has 0 spiro atoms. The summed E-state index contributed by atoms with van der Waals surface area (Å²) in [6.07, 6.45) is 0.531. The SMILES string of the molecule is O=C(O)Cc1c(O)cc2occ(-c3ccc(O)cc3)c(=O)c2c1O. The van der Waals surface area contributed by atoms with E-state index in [0.29, 0.717) is 5.56 Å². The van der Waals surface area contributed by atoms with Gasteiger partial charge < -0.3 is 24.8 Å². The normalized spacial score (nSPS) is 10.8. The first-order valence-corrected chi connectivity index (χ1v) is 6.89. The van der Waals surface area contributed by atoms with Gasteiger partial charge in [0.1, 0.15) is 34.5 Å². The zero-order valence-corrected chi connectivity index (χ0v) is 12.2. The highest BCUT2D eigenvalue weighted by molar-refractivity contribution is 5.91. The fourth-order valence-electron chi connectivity index (χ4n) is 2.46. The summed E-state index contributed by atoms with van der Waals surface area (Å²) in [7, 11) is 0. The third kappa shape index (κ3) is 2.52. The Morgan fingerprint density at radius 2 is 1.75 bits per heavy atom. The van der Waals surface area contributed by atoms with Crippen LogP contribution in [-0.4, -0.2) is 26.4 Å². The predicted octanol–water partition coefficient (Wildman–Crippen LogP) is 2.20. The highest BCUT2D eigenvalue weighted by Gasteiger charge is 2.20. The highest BCUT2D eigenvalue weighted by Crippen LogP contribution is 2.35. The minimum absolute atomic E-state index is 0.0282. The number of rotatable bonds is 3. The van der Waals surface area contributed by atoms with Crippen LogP contribution in [0.1, 0.15) is 5.56 Å². The summed E-state index contributed by atoms with van der Waals surface area (Å²) >= 11 is 0. The molecule has 0 aliphatic carbocycles. The third-order valence-corrected chi connectivity index (χ3v) is 3.63. The third-order valence-electron chi connectivity index (χ3n) is 3.63. The molecule has 0 radical (unpaired) electrons. The summed E-state index contributed by atoms with van der Waals surface area (Å²) in [5.74, 6) is -2.33. The van der Waals surface area contributed by atoms with E-state index in [-0.39, 0.29) is 27.8 Å². The molecular weight excluding hydrogens is 316 g/mol. The first kappa shape index (κ1) is 15.4. The molecule has 0 amide bonds. The number of aliphatic carboxylic acids is 1. The van der Waals surface area contributed by atoms with Crippen molar-refractivity contribution in [2.24, 2.45) is 0 Å². The largest absolute Gasteiger partial charge is 0.508 e. The molecule has 0 bridgehead atoms. The fraction of sp³-hybridized carbons (Fsp3) is 0.0588. The van der Waals surface area contributed by atoms with Crippen LogP contribution >= 0.6 is 0 Å². The maximum Gasteiger partial charge on any atom is 0.308 e. The van der Waals surface area contributed by atoms with Crippen molar-refractivity contribution >= 4 is 16.9 Å². The number of carbonyl (C=O) groups is 1. The molecule has 0 saturated carbocycles. The first-order valence-electron chi connectivity index (χ1n) is 6.89. The molecule has 0 aliphatic rings. The van der Waals surface area contributed by atoms with Gasteiger partial charge in [0.2, 0.25) is 5.43 Å². The molecule has 1 heterocycles. The van der Waals surface area contributed by atoms with E-state index in [1.807, 2.05) is 0 Å². The lowest BCUT2D eigenvalue weighted by Gasteiger charge is -2.09. The monoisotopic (exact) mass is 328 g/mol. The second-order valence-corrected chi connectivity index (χ2v) is 5.19. The van der Waals surface area contributed by atoms with Crippen molar-refractivity contribution in [3.63, 3.8) is 0 Å². The van der Waals surface area contributed by atoms with E-state index in [1.54, 1.807) is 0 Å². The standard InChI is InChI=1S/C17H12O7/c18-9-3-1-8(2-4-9)11-7-24-13-6-12(19)10(5-14(20)21)16(22)15(13)17(11)23/h1-4,6-7,18-19,22H,5H2,(H,20,21). The van der Waals surface area contributed by atoms with Gasteiger partial charge in [0.25, 0.3) is 0 Å². The van der Waals surface area contributed by atoms with E-state index >= 15 is 0 Å². The summed E-state index contributed by atoms with van der Waals surface area (Å²) in [5.41, 5.74) is -0.316. The molecule has 4 N–H and O–H groups in total. The Labute approximate surface area is 134 Å². The molecule has 0 atom stereocenters. The van der Waals surface area contributed by atoms with Crippen molar-refractivity contribution in [2.45, 2.75) is 6.42 Å². The van der Waals surface area contributed by atoms with Crippen LogP contribution in [0.4, 0.5) is 0 Å². The van der Waals surface area contributed by atoms with Crippen molar-refractivity contribution in [3.05, 3.63) is 52.4 Å². The number of carboxylic acid groups (broad SMARTS) is 1. The molecule has 24 heavy (non-hydrogen) atoms. The molecule has 0 fully saturated rings. The Bertz CT molecular complexity index is 1000. The molecule has 0 saturated heterocycles. The molecule has 7 nitrogen and oxygen atoms in total. The average Bonchev–Trinajstić information content (AvgIpc) is 2.52. The molecule has 3 rings (SSSR count). The van der Waals surface area contributed by atoms with Gasteiger partial charge in [-0.05, 0) is 17.7 Å². The van der Waals surface area contributed by atoms with Gasteiger partial charge in [-0.3, -0.25) is 9.59 Å². The average molecular weight is 328 g/mol. The van der Waals surface area contributed by atoms with Crippen molar-refractivity contribution in [2.75, 3.05) is 0 Å². The van der Waals surface area contributed by atoms with Gasteiger partial charge in [0.15, 0.2) is 0 Å². The number of aromatic hydroxyl groups is 3. The van der Waals surface area contributed by atoms with E-state index in [0.717, 1.165) is 6.07 Å². The Morgan fingerprint density at radius 3 is 2.38 bits per heavy atom. The van der Waals surface area contributed by atoms with E-state index in [9.17, 15) is 24.9 Å². The topological polar surface area (TPSA) is 128 Å². The zero-order chi connectivity index (χ0) is 17.4. The molecular formula is C17H12O7. The number of phenols is 3. The Hall–Kier alpha value is -3.48. The van der Waals surface area contributed by atoms with Crippen molar-refractivity contribution < 1.29 is 29.6 Å². The number of phenolic OH excluding ortho intramolecular Hbond substituents is 3. The Morgan fingerprint density at radius 1 is 1.08 bits per heavy atom. The van der Waals surface area contributed by atoms with Crippen LogP contribution in [0.3, 0.4) is 0 Å². The van der Waals surface area contributed by atoms with Crippen LogP contribution in [0.2, 0.25) is 0 Å². The van der Waals surface area contributed by atoms with Gasteiger partial charge in [-0.1, -0.05) is 12.1 Å². The minimum Gasteiger partial charge on any atom is -0.508 e. The number of carboxylic acids is 1. The number of fused-ring (bicyclic) bond motifs is 1. The summed E-state index contributed by atoms with van der Waals surface area (Å²) < 4.78 is 5.30. The molecule has 1 aromatic heterocycles. The van der Waals surface area contributed by atoms with Crippen LogP contribution in [-0.2, 0) is 11.2 Å². The van der Waals surface area contributed by atoms with E-state index in [1.165, 1.54) is 30.5 Å². The lowest BCUT2D eigenvalue weighted by molar-refractivity contribution is -0.136.